The van der Waals surface area contributed by atoms with Gasteiger partial charge in [-0.1, -0.05) is 0 Å². The topological polar surface area (TPSA) is 64.7 Å². The largest absolute Gasteiger partial charge is 0.389 e. The quantitative estimate of drug-likeness (QED) is 0.490. The third-order valence-corrected chi connectivity index (χ3v) is 1.16. The summed E-state index contributed by atoms with van der Waals surface area (Å²) < 4.78 is 10.0. The molecule has 0 unspecified atom stereocenters. The summed E-state index contributed by atoms with van der Waals surface area (Å²) in [4.78, 5) is 0. The summed E-state index contributed by atoms with van der Waals surface area (Å²) in [7, 11) is 0. The molecule has 0 saturated carbocycles. The summed E-state index contributed by atoms with van der Waals surface area (Å²) >= 11 is 0. The SMILES string of the molecule is CCOCCOC[C@@H](O)CN. The van der Waals surface area contributed by atoms with Crippen molar-refractivity contribution >= 4 is 0 Å². The van der Waals surface area contributed by atoms with Crippen LogP contribution in [0.1, 0.15) is 6.92 Å². The summed E-state index contributed by atoms with van der Waals surface area (Å²) in [5.41, 5.74) is 5.15. The Hall–Kier alpha value is -0.160. The molecule has 0 amide bonds. The van der Waals surface area contributed by atoms with Gasteiger partial charge in [0.25, 0.3) is 0 Å². The van der Waals surface area contributed by atoms with Gasteiger partial charge in [0.1, 0.15) is 0 Å². The Labute approximate surface area is 67.3 Å². The molecule has 0 aromatic rings. The highest BCUT2D eigenvalue weighted by Crippen LogP contribution is 1.82. The summed E-state index contributed by atoms with van der Waals surface area (Å²) in [6, 6.07) is 0. The highest BCUT2D eigenvalue weighted by atomic mass is 16.5. The minimum Gasteiger partial charge on any atom is -0.389 e. The molecule has 0 radical (unpaired) electrons. The minimum atomic E-state index is -0.545. The second kappa shape index (κ2) is 7.94. The molecule has 11 heavy (non-hydrogen) atoms. The van der Waals surface area contributed by atoms with Gasteiger partial charge in [-0.25, -0.2) is 0 Å². The van der Waals surface area contributed by atoms with Crippen LogP contribution < -0.4 is 5.73 Å². The standard InChI is InChI=1S/C7H17NO3/c1-2-10-3-4-11-6-7(9)5-8/h7,9H,2-6,8H2,1H3/t7-/m0/s1. The molecule has 4 nitrogen and oxygen atoms in total. The van der Waals surface area contributed by atoms with Gasteiger partial charge >= 0.3 is 0 Å². The molecule has 0 bridgehead atoms. The van der Waals surface area contributed by atoms with E-state index >= 15 is 0 Å². The Morgan fingerprint density at radius 2 is 2.00 bits per heavy atom. The Bertz CT molecular complexity index is 80.1. The molecule has 0 fully saturated rings. The number of ether oxygens (including phenoxy) is 2. The summed E-state index contributed by atoms with van der Waals surface area (Å²) in [5.74, 6) is 0. The first-order valence-electron chi connectivity index (χ1n) is 3.84. The lowest BCUT2D eigenvalue weighted by Gasteiger charge is -2.07. The van der Waals surface area contributed by atoms with Crippen molar-refractivity contribution in [3.8, 4) is 0 Å². The smallest absolute Gasteiger partial charge is 0.0895 e. The Balaban J connectivity index is 2.89. The van der Waals surface area contributed by atoms with Crippen molar-refractivity contribution in [3.05, 3.63) is 0 Å². The van der Waals surface area contributed by atoms with Crippen LogP contribution in [0.5, 0.6) is 0 Å². The van der Waals surface area contributed by atoms with E-state index in [9.17, 15) is 0 Å². The van der Waals surface area contributed by atoms with Gasteiger partial charge in [0, 0.05) is 13.2 Å². The van der Waals surface area contributed by atoms with Crippen molar-refractivity contribution in [2.45, 2.75) is 13.0 Å². The predicted octanol–water partition coefficient (Wildman–Crippen LogP) is -0.641. The molecular formula is C7H17NO3. The molecule has 4 heteroatoms. The Morgan fingerprint density at radius 1 is 1.36 bits per heavy atom. The summed E-state index contributed by atoms with van der Waals surface area (Å²) in [6.07, 6.45) is -0.545. The molecule has 0 aliphatic carbocycles. The van der Waals surface area contributed by atoms with Crippen molar-refractivity contribution < 1.29 is 14.6 Å². The number of hydrogen-bond acceptors (Lipinski definition) is 4. The molecule has 3 N–H and O–H groups in total. The molecule has 1 atom stereocenters. The van der Waals surface area contributed by atoms with Crippen LogP contribution in [-0.2, 0) is 9.47 Å². The van der Waals surface area contributed by atoms with E-state index < -0.39 is 6.10 Å². The highest BCUT2D eigenvalue weighted by Gasteiger charge is 1.98. The first kappa shape index (κ1) is 10.8. The van der Waals surface area contributed by atoms with Crippen LogP contribution in [0.3, 0.4) is 0 Å². The Morgan fingerprint density at radius 3 is 2.55 bits per heavy atom. The van der Waals surface area contributed by atoms with E-state index in [1.54, 1.807) is 0 Å². The van der Waals surface area contributed by atoms with Gasteiger partial charge in [-0.05, 0) is 6.92 Å². The molecule has 0 aromatic heterocycles. The molecule has 0 aromatic carbocycles. The van der Waals surface area contributed by atoms with Crippen molar-refractivity contribution in [1.29, 1.82) is 0 Å². The van der Waals surface area contributed by atoms with Crippen LogP contribution in [-0.4, -0.2) is 44.2 Å². The van der Waals surface area contributed by atoms with Crippen LogP contribution in [0.15, 0.2) is 0 Å². The van der Waals surface area contributed by atoms with Crippen molar-refractivity contribution in [2.24, 2.45) is 5.73 Å². The predicted molar refractivity (Wildman–Crippen MR) is 42.4 cm³/mol. The third kappa shape index (κ3) is 7.74. The van der Waals surface area contributed by atoms with E-state index in [-0.39, 0.29) is 6.54 Å². The molecule has 0 rings (SSSR count). The molecule has 0 aliphatic rings. The first-order valence-corrected chi connectivity index (χ1v) is 3.84. The second-order valence-electron chi connectivity index (χ2n) is 2.16. The van der Waals surface area contributed by atoms with Crippen LogP contribution >= 0.6 is 0 Å². The fourth-order valence-electron chi connectivity index (χ4n) is 0.550. The lowest BCUT2D eigenvalue weighted by molar-refractivity contribution is 0.00906. The normalized spacial score (nSPS) is 13.4. The van der Waals surface area contributed by atoms with Gasteiger partial charge in [0.2, 0.25) is 0 Å². The van der Waals surface area contributed by atoms with Gasteiger partial charge in [0.05, 0.1) is 25.9 Å². The van der Waals surface area contributed by atoms with Gasteiger partial charge in [-0.3, -0.25) is 0 Å². The van der Waals surface area contributed by atoms with Gasteiger partial charge < -0.3 is 20.3 Å². The number of rotatable bonds is 7. The molecular weight excluding hydrogens is 146 g/mol. The van der Waals surface area contributed by atoms with E-state index in [0.29, 0.717) is 26.4 Å². The van der Waals surface area contributed by atoms with Crippen molar-refractivity contribution in [1.82, 2.24) is 0 Å². The Kier molecular flexibility index (Phi) is 7.83. The fourth-order valence-corrected chi connectivity index (χ4v) is 0.550. The van der Waals surface area contributed by atoms with Crippen LogP contribution in [0, 0.1) is 0 Å². The second-order valence-corrected chi connectivity index (χ2v) is 2.16. The maximum absolute atomic E-state index is 8.92. The summed E-state index contributed by atoms with van der Waals surface area (Å²) in [5, 5.41) is 8.92. The van der Waals surface area contributed by atoms with Crippen LogP contribution in [0.2, 0.25) is 0 Å². The average Bonchev–Trinajstić information content (AvgIpc) is 2.04. The average molecular weight is 163 g/mol. The zero-order valence-corrected chi connectivity index (χ0v) is 6.95. The number of nitrogens with two attached hydrogens (primary N) is 1. The van der Waals surface area contributed by atoms with E-state index in [4.69, 9.17) is 20.3 Å². The van der Waals surface area contributed by atoms with E-state index in [2.05, 4.69) is 0 Å². The lowest BCUT2D eigenvalue weighted by Crippen LogP contribution is -2.25. The van der Waals surface area contributed by atoms with Crippen LogP contribution in [0.25, 0.3) is 0 Å². The number of aliphatic hydroxyl groups is 1. The maximum Gasteiger partial charge on any atom is 0.0895 e. The zero-order valence-electron chi connectivity index (χ0n) is 6.95. The number of hydrogen-bond donors (Lipinski definition) is 2. The van der Waals surface area contributed by atoms with Gasteiger partial charge in [-0.15, -0.1) is 0 Å². The first-order chi connectivity index (χ1) is 5.31. The monoisotopic (exact) mass is 163 g/mol. The lowest BCUT2D eigenvalue weighted by atomic mass is 10.4. The minimum absolute atomic E-state index is 0.245. The third-order valence-electron chi connectivity index (χ3n) is 1.16. The van der Waals surface area contributed by atoms with E-state index in [0.717, 1.165) is 0 Å². The van der Waals surface area contributed by atoms with Crippen molar-refractivity contribution in [3.63, 3.8) is 0 Å². The molecule has 0 heterocycles. The van der Waals surface area contributed by atoms with Gasteiger partial charge in [-0.2, -0.15) is 0 Å². The molecule has 0 saturated heterocycles. The maximum atomic E-state index is 8.92. The highest BCUT2D eigenvalue weighted by molar-refractivity contribution is 4.51. The molecule has 0 spiro atoms. The fraction of sp³-hybridized carbons (Fsp3) is 1.00. The molecule has 68 valence electrons. The van der Waals surface area contributed by atoms with Crippen molar-refractivity contribution in [2.75, 3.05) is 33.0 Å². The van der Waals surface area contributed by atoms with Gasteiger partial charge in [0.15, 0.2) is 0 Å². The van der Waals surface area contributed by atoms with E-state index in [1.165, 1.54) is 0 Å². The number of aliphatic hydroxyl groups excluding tert-OH is 1. The summed E-state index contributed by atoms with van der Waals surface area (Å²) in [6.45, 7) is 4.26. The molecule has 0 aliphatic heterocycles. The van der Waals surface area contributed by atoms with E-state index in [1.807, 2.05) is 6.92 Å². The van der Waals surface area contributed by atoms with Crippen LogP contribution in [0.4, 0.5) is 0 Å². The zero-order chi connectivity index (χ0) is 8.53.